The van der Waals surface area contributed by atoms with Gasteiger partial charge in [0.05, 0.1) is 0 Å². The van der Waals surface area contributed by atoms with Gasteiger partial charge in [-0.2, -0.15) is 0 Å². The van der Waals surface area contributed by atoms with Crippen molar-refractivity contribution in [3.05, 3.63) is 84.3 Å². The van der Waals surface area contributed by atoms with Gasteiger partial charge >= 0.3 is 0 Å². The van der Waals surface area contributed by atoms with E-state index >= 15 is 0 Å². The SMILES string of the molecule is C=C[C@H](c1ccccc1)c1cn(C)c2ccc(F)cc12. The van der Waals surface area contributed by atoms with Gasteiger partial charge in [-0.3, -0.25) is 0 Å². The number of halogens is 1. The zero-order valence-corrected chi connectivity index (χ0v) is 11.4. The van der Waals surface area contributed by atoms with Crippen LogP contribution in [0.3, 0.4) is 0 Å². The van der Waals surface area contributed by atoms with Gasteiger partial charge in [-0.1, -0.05) is 36.4 Å². The van der Waals surface area contributed by atoms with E-state index in [1.54, 1.807) is 6.07 Å². The highest BCUT2D eigenvalue weighted by Gasteiger charge is 2.16. The summed E-state index contributed by atoms with van der Waals surface area (Å²) in [4.78, 5) is 0. The van der Waals surface area contributed by atoms with E-state index in [9.17, 15) is 4.39 Å². The molecule has 1 heterocycles. The van der Waals surface area contributed by atoms with Crippen LogP contribution in [0.4, 0.5) is 4.39 Å². The van der Waals surface area contributed by atoms with Crippen molar-refractivity contribution < 1.29 is 4.39 Å². The topological polar surface area (TPSA) is 4.93 Å². The lowest BCUT2D eigenvalue weighted by Crippen LogP contribution is -1.96. The number of benzene rings is 2. The molecule has 0 bridgehead atoms. The third kappa shape index (κ3) is 2.03. The minimum atomic E-state index is -0.208. The Morgan fingerprint density at radius 3 is 2.60 bits per heavy atom. The van der Waals surface area contributed by atoms with Crippen LogP contribution in [0.1, 0.15) is 17.0 Å². The molecule has 0 saturated carbocycles. The van der Waals surface area contributed by atoms with Crippen LogP contribution in [-0.2, 0) is 7.05 Å². The van der Waals surface area contributed by atoms with E-state index in [0.29, 0.717) is 0 Å². The van der Waals surface area contributed by atoms with Crippen molar-refractivity contribution in [3.63, 3.8) is 0 Å². The van der Waals surface area contributed by atoms with Crippen molar-refractivity contribution in [1.29, 1.82) is 0 Å². The zero-order valence-electron chi connectivity index (χ0n) is 11.4. The predicted octanol–water partition coefficient (Wildman–Crippen LogP) is 4.64. The third-order valence-electron chi connectivity index (χ3n) is 3.71. The van der Waals surface area contributed by atoms with Gasteiger partial charge in [0.15, 0.2) is 0 Å². The predicted molar refractivity (Wildman–Crippen MR) is 81.4 cm³/mol. The molecule has 0 radical (unpaired) electrons. The van der Waals surface area contributed by atoms with Crippen LogP contribution in [0.5, 0.6) is 0 Å². The summed E-state index contributed by atoms with van der Waals surface area (Å²) in [7, 11) is 1.98. The van der Waals surface area contributed by atoms with Crippen LogP contribution in [0.2, 0.25) is 0 Å². The summed E-state index contributed by atoms with van der Waals surface area (Å²) in [5.41, 5.74) is 3.28. The van der Waals surface area contributed by atoms with Crippen molar-refractivity contribution in [1.82, 2.24) is 4.57 Å². The van der Waals surface area contributed by atoms with E-state index in [1.165, 1.54) is 11.6 Å². The first-order valence-electron chi connectivity index (χ1n) is 6.62. The summed E-state index contributed by atoms with van der Waals surface area (Å²) in [5, 5.41) is 0.946. The van der Waals surface area contributed by atoms with Crippen molar-refractivity contribution in [2.45, 2.75) is 5.92 Å². The standard InChI is InChI=1S/C18H16FN/c1-3-15(13-7-5-4-6-8-13)17-12-20(2)18-10-9-14(19)11-16(17)18/h3-12,15H,1H2,2H3/t15-/m1/s1. The quantitative estimate of drug-likeness (QED) is 0.608. The van der Waals surface area contributed by atoms with E-state index in [0.717, 1.165) is 16.5 Å². The van der Waals surface area contributed by atoms with E-state index < -0.39 is 0 Å². The number of hydrogen-bond acceptors (Lipinski definition) is 0. The summed E-state index contributed by atoms with van der Waals surface area (Å²) >= 11 is 0. The first kappa shape index (κ1) is 12.7. The lowest BCUT2D eigenvalue weighted by molar-refractivity contribution is 0.629. The average Bonchev–Trinajstić information content (AvgIpc) is 2.78. The lowest BCUT2D eigenvalue weighted by atomic mass is 9.91. The molecule has 0 saturated heterocycles. The minimum Gasteiger partial charge on any atom is -0.350 e. The van der Waals surface area contributed by atoms with Crippen LogP contribution in [0, 0.1) is 5.82 Å². The molecule has 0 aliphatic heterocycles. The molecule has 2 heteroatoms. The van der Waals surface area contributed by atoms with Crippen molar-refractivity contribution in [2.24, 2.45) is 7.05 Å². The summed E-state index contributed by atoms with van der Waals surface area (Å²) < 4.78 is 15.6. The van der Waals surface area contributed by atoms with Gasteiger partial charge < -0.3 is 4.57 Å². The van der Waals surface area contributed by atoms with Crippen molar-refractivity contribution in [2.75, 3.05) is 0 Å². The number of aromatic nitrogens is 1. The van der Waals surface area contributed by atoms with E-state index in [1.807, 2.05) is 42.0 Å². The first-order valence-corrected chi connectivity index (χ1v) is 6.62. The Balaban J connectivity index is 2.22. The first-order chi connectivity index (χ1) is 9.70. The lowest BCUT2D eigenvalue weighted by Gasteiger charge is -2.12. The molecule has 100 valence electrons. The largest absolute Gasteiger partial charge is 0.350 e. The van der Waals surface area contributed by atoms with Gasteiger partial charge in [0.25, 0.3) is 0 Å². The van der Waals surface area contributed by atoms with Crippen LogP contribution in [-0.4, -0.2) is 4.57 Å². The monoisotopic (exact) mass is 265 g/mol. The molecule has 0 aliphatic rings. The van der Waals surface area contributed by atoms with Gasteiger partial charge in [-0.15, -0.1) is 6.58 Å². The maximum absolute atomic E-state index is 13.6. The Bertz CT molecular complexity index is 756. The highest BCUT2D eigenvalue weighted by atomic mass is 19.1. The Morgan fingerprint density at radius 2 is 1.90 bits per heavy atom. The third-order valence-corrected chi connectivity index (χ3v) is 3.71. The molecule has 0 spiro atoms. The van der Waals surface area contributed by atoms with E-state index in [-0.39, 0.29) is 11.7 Å². The Morgan fingerprint density at radius 1 is 1.15 bits per heavy atom. The molecular weight excluding hydrogens is 249 g/mol. The normalized spacial score (nSPS) is 12.5. The second kappa shape index (κ2) is 4.97. The second-order valence-corrected chi connectivity index (χ2v) is 4.98. The molecule has 1 nitrogen and oxygen atoms in total. The molecule has 1 atom stereocenters. The van der Waals surface area contributed by atoms with E-state index in [4.69, 9.17) is 0 Å². The number of aryl methyl sites for hydroxylation is 1. The highest BCUT2D eigenvalue weighted by Crippen LogP contribution is 2.33. The number of fused-ring (bicyclic) bond motifs is 1. The number of hydrogen-bond donors (Lipinski definition) is 0. The van der Waals surface area contributed by atoms with Crippen LogP contribution in [0.25, 0.3) is 10.9 Å². The summed E-state index contributed by atoms with van der Waals surface area (Å²) in [6.07, 6.45) is 3.97. The Hall–Kier alpha value is -2.35. The zero-order chi connectivity index (χ0) is 14.1. The van der Waals surface area contributed by atoms with Crippen molar-refractivity contribution >= 4 is 10.9 Å². The molecule has 0 N–H and O–H groups in total. The van der Waals surface area contributed by atoms with Crippen LogP contribution >= 0.6 is 0 Å². The number of allylic oxidation sites excluding steroid dienone is 1. The fourth-order valence-electron chi connectivity index (χ4n) is 2.75. The van der Waals surface area contributed by atoms with Gasteiger partial charge in [0.1, 0.15) is 5.82 Å². The highest BCUT2D eigenvalue weighted by molar-refractivity contribution is 5.85. The molecule has 2 aromatic carbocycles. The molecule has 3 aromatic rings. The van der Waals surface area contributed by atoms with Gasteiger partial charge in [0.2, 0.25) is 0 Å². The molecule has 1 aromatic heterocycles. The summed E-state index contributed by atoms with van der Waals surface area (Å²) in [6.45, 7) is 3.95. The molecule has 0 amide bonds. The maximum Gasteiger partial charge on any atom is 0.123 e. The second-order valence-electron chi connectivity index (χ2n) is 4.98. The Kier molecular flexibility index (Phi) is 3.15. The maximum atomic E-state index is 13.6. The number of nitrogens with zero attached hydrogens (tertiary/aromatic N) is 1. The summed E-state index contributed by atoms with van der Waals surface area (Å²) in [5.74, 6) is -0.137. The van der Waals surface area contributed by atoms with Gasteiger partial charge in [-0.25, -0.2) is 4.39 Å². The Labute approximate surface area is 118 Å². The molecule has 0 aliphatic carbocycles. The van der Waals surface area contributed by atoms with Crippen molar-refractivity contribution in [3.8, 4) is 0 Å². The summed E-state index contributed by atoms with van der Waals surface area (Å²) in [6, 6.07) is 15.1. The van der Waals surface area contributed by atoms with Gasteiger partial charge in [-0.05, 0) is 29.3 Å². The molecule has 0 unspecified atom stereocenters. The van der Waals surface area contributed by atoms with E-state index in [2.05, 4.69) is 24.9 Å². The van der Waals surface area contributed by atoms with Crippen LogP contribution in [0.15, 0.2) is 67.4 Å². The average molecular weight is 265 g/mol. The molecule has 20 heavy (non-hydrogen) atoms. The minimum absolute atomic E-state index is 0.0710. The fraction of sp³-hybridized carbons (Fsp3) is 0.111. The molecule has 3 rings (SSSR count). The molecule has 0 fully saturated rings. The van der Waals surface area contributed by atoms with Gasteiger partial charge in [0, 0.05) is 30.1 Å². The van der Waals surface area contributed by atoms with Crippen LogP contribution < -0.4 is 0 Å². The molecular formula is C18H16FN. The number of rotatable bonds is 3. The fourth-order valence-corrected chi connectivity index (χ4v) is 2.75. The smallest absolute Gasteiger partial charge is 0.123 e.